The van der Waals surface area contributed by atoms with Gasteiger partial charge in [0.25, 0.3) is 0 Å². The molecule has 3 heteroatoms. The Hall–Kier alpha value is -0.830. The van der Waals surface area contributed by atoms with Crippen molar-refractivity contribution >= 4 is 0 Å². The maximum atomic E-state index is 4.26. The zero-order valence-corrected chi connectivity index (χ0v) is 9.41. The lowest BCUT2D eigenvalue weighted by atomic mass is 10.0. The van der Waals surface area contributed by atoms with Crippen LogP contribution in [-0.4, -0.2) is 16.6 Å². The summed E-state index contributed by atoms with van der Waals surface area (Å²) in [6.45, 7) is 6.67. The van der Waals surface area contributed by atoms with Crippen LogP contribution in [0.1, 0.15) is 38.9 Å². The van der Waals surface area contributed by atoms with Crippen molar-refractivity contribution in [3.05, 3.63) is 18.2 Å². The maximum absolute atomic E-state index is 4.26. The minimum absolute atomic E-state index is 0.0127. The maximum Gasteiger partial charge on any atom is 0.0951 e. The highest BCUT2D eigenvalue weighted by Gasteiger charge is 2.37. The number of nitrogens with one attached hydrogen (secondary N) is 1. The Morgan fingerprint density at radius 1 is 1.57 bits per heavy atom. The Balaban J connectivity index is 2.30. The van der Waals surface area contributed by atoms with Crippen LogP contribution < -0.4 is 5.32 Å². The molecule has 1 aliphatic rings. The molecule has 1 aliphatic carbocycles. The number of nitrogens with zero attached hydrogens (tertiary/aromatic N) is 2. The molecule has 0 radical (unpaired) electrons. The van der Waals surface area contributed by atoms with E-state index in [1.54, 1.807) is 0 Å². The minimum Gasteiger partial charge on any atom is -0.330 e. The summed E-state index contributed by atoms with van der Waals surface area (Å²) in [7, 11) is 1.99. The van der Waals surface area contributed by atoms with Crippen LogP contribution in [0.2, 0.25) is 0 Å². The number of hydrogen-bond acceptors (Lipinski definition) is 2. The fourth-order valence-electron chi connectivity index (χ4n) is 1.87. The molecule has 2 unspecified atom stereocenters. The summed E-state index contributed by atoms with van der Waals surface area (Å²) >= 11 is 0. The Morgan fingerprint density at radius 2 is 2.21 bits per heavy atom. The highest BCUT2D eigenvalue weighted by atomic mass is 15.1. The van der Waals surface area contributed by atoms with Gasteiger partial charge in [-0.2, -0.15) is 0 Å². The Bertz CT molecular complexity index is 327. The number of aromatic nitrogens is 2. The fourth-order valence-corrected chi connectivity index (χ4v) is 1.87. The predicted octanol–water partition coefficient (Wildman–Crippen LogP) is 1.92. The van der Waals surface area contributed by atoms with E-state index in [0.717, 1.165) is 5.92 Å². The molecule has 2 rings (SSSR count). The van der Waals surface area contributed by atoms with Gasteiger partial charge >= 0.3 is 0 Å². The van der Waals surface area contributed by atoms with E-state index in [1.165, 1.54) is 12.1 Å². The van der Waals surface area contributed by atoms with Crippen LogP contribution in [-0.2, 0) is 5.54 Å². The minimum atomic E-state index is 0.0127. The van der Waals surface area contributed by atoms with Crippen molar-refractivity contribution < 1.29 is 0 Å². The molecule has 2 atom stereocenters. The Kier molecular flexibility index (Phi) is 2.14. The first-order valence-electron chi connectivity index (χ1n) is 5.27. The number of imidazole rings is 1. The van der Waals surface area contributed by atoms with Gasteiger partial charge < -0.3 is 9.88 Å². The van der Waals surface area contributed by atoms with Gasteiger partial charge in [0.2, 0.25) is 0 Å². The monoisotopic (exact) mass is 193 g/mol. The van der Waals surface area contributed by atoms with E-state index in [9.17, 15) is 0 Å². The average molecular weight is 193 g/mol. The van der Waals surface area contributed by atoms with Crippen molar-refractivity contribution in [2.75, 3.05) is 7.05 Å². The third-order valence-corrected chi connectivity index (χ3v) is 3.36. The van der Waals surface area contributed by atoms with E-state index in [0.29, 0.717) is 6.04 Å². The summed E-state index contributed by atoms with van der Waals surface area (Å²) in [6.07, 6.45) is 5.23. The lowest BCUT2D eigenvalue weighted by molar-refractivity contribution is 0.407. The summed E-state index contributed by atoms with van der Waals surface area (Å²) in [5, 5.41) is 3.32. The molecule has 78 valence electrons. The average Bonchev–Trinajstić information content (AvgIpc) is 2.69. The summed E-state index contributed by atoms with van der Waals surface area (Å²) in [5.41, 5.74) is 1.30. The lowest BCUT2D eigenvalue weighted by Gasteiger charge is -2.25. The first-order chi connectivity index (χ1) is 6.56. The van der Waals surface area contributed by atoms with Crippen LogP contribution in [0.15, 0.2) is 12.5 Å². The molecule has 3 nitrogen and oxygen atoms in total. The van der Waals surface area contributed by atoms with E-state index in [2.05, 4.69) is 35.6 Å². The van der Waals surface area contributed by atoms with Crippen molar-refractivity contribution in [3.8, 4) is 0 Å². The topological polar surface area (TPSA) is 29.9 Å². The van der Waals surface area contributed by atoms with E-state index >= 15 is 0 Å². The lowest BCUT2D eigenvalue weighted by Crippen LogP contribution is -2.35. The molecule has 1 aromatic heterocycles. The molecule has 14 heavy (non-hydrogen) atoms. The smallest absolute Gasteiger partial charge is 0.0951 e. The van der Waals surface area contributed by atoms with Crippen LogP contribution in [0.5, 0.6) is 0 Å². The first kappa shape index (κ1) is 9.71. The molecule has 0 aromatic carbocycles. The molecule has 0 amide bonds. The van der Waals surface area contributed by atoms with Crippen molar-refractivity contribution in [3.63, 3.8) is 0 Å². The van der Waals surface area contributed by atoms with Crippen molar-refractivity contribution in [2.24, 2.45) is 5.92 Å². The van der Waals surface area contributed by atoms with E-state index in [4.69, 9.17) is 0 Å². The molecule has 1 N–H and O–H groups in total. The molecule has 0 aliphatic heterocycles. The van der Waals surface area contributed by atoms with Gasteiger partial charge in [0.05, 0.1) is 23.8 Å². The molecule has 1 fully saturated rings. The Morgan fingerprint density at radius 3 is 2.71 bits per heavy atom. The zero-order valence-electron chi connectivity index (χ0n) is 9.41. The summed E-state index contributed by atoms with van der Waals surface area (Å²) < 4.78 is 2.32. The highest BCUT2D eigenvalue weighted by molar-refractivity contribution is 5.14. The molecular weight excluding hydrogens is 174 g/mol. The first-order valence-corrected chi connectivity index (χ1v) is 5.27. The normalized spacial score (nSPS) is 26.6. The van der Waals surface area contributed by atoms with Gasteiger partial charge in [-0.3, -0.25) is 0 Å². The van der Waals surface area contributed by atoms with Crippen molar-refractivity contribution in [1.29, 1.82) is 0 Å². The van der Waals surface area contributed by atoms with E-state index in [1.807, 2.05) is 19.6 Å². The van der Waals surface area contributed by atoms with Gasteiger partial charge in [-0.1, -0.05) is 6.92 Å². The SMILES string of the molecule is CNC(C)(C)c1cncn1C1CC1C. The molecule has 1 aromatic rings. The van der Waals surface area contributed by atoms with Crippen LogP contribution in [0.3, 0.4) is 0 Å². The zero-order chi connectivity index (χ0) is 10.3. The van der Waals surface area contributed by atoms with Crippen LogP contribution in [0.4, 0.5) is 0 Å². The van der Waals surface area contributed by atoms with Crippen molar-refractivity contribution in [1.82, 2.24) is 14.9 Å². The van der Waals surface area contributed by atoms with Crippen molar-refractivity contribution in [2.45, 2.75) is 38.8 Å². The second-order valence-corrected chi connectivity index (χ2v) is 4.84. The van der Waals surface area contributed by atoms with Gasteiger partial charge in [0, 0.05) is 6.04 Å². The van der Waals surface area contributed by atoms with Gasteiger partial charge in [0.15, 0.2) is 0 Å². The molecular formula is C11H19N3. The van der Waals surface area contributed by atoms with Crippen LogP contribution in [0, 0.1) is 5.92 Å². The predicted molar refractivity (Wildman–Crippen MR) is 57.1 cm³/mol. The van der Waals surface area contributed by atoms with E-state index < -0.39 is 0 Å². The second kappa shape index (κ2) is 3.09. The molecule has 0 spiro atoms. The van der Waals surface area contributed by atoms with Gasteiger partial charge in [0.1, 0.15) is 0 Å². The highest BCUT2D eigenvalue weighted by Crippen LogP contribution is 2.44. The Labute approximate surface area is 85.5 Å². The fraction of sp³-hybridized carbons (Fsp3) is 0.727. The van der Waals surface area contributed by atoms with E-state index in [-0.39, 0.29) is 5.54 Å². The standard InChI is InChI=1S/C11H19N3/c1-8-5-9(8)14-7-13-6-10(14)11(2,3)12-4/h6-9,12H,5H2,1-4H3. The quantitative estimate of drug-likeness (QED) is 0.794. The molecule has 1 saturated carbocycles. The molecule has 0 bridgehead atoms. The van der Waals surface area contributed by atoms with Gasteiger partial charge in [-0.15, -0.1) is 0 Å². The molecule has 1 heterocycles. The summed E-state index contributed by atoms with van der Waals surface area (Å²) in [4.78, 5) is 4.26. The number of hydrogen-bond donors (Lipinski definition) is 1. The second-order valence-electron chi connectivity index (χ2n) is 4.84. The van der Waals surface area contributed by atoms with Gasteiger partial charge in [-0.05, 0) is 33.2 Å². The summed E-state index contributed by atoms with van der Waals surface area (Å²) in [5.74, 6) is 0.815. The third-order valence-electron chi connectivity index (χ3n) is 3.36. The molecule has 0 saturated heterocycles. The third kappa shape index (κ3) is 1.46. The largest absolute Gasteiger partial charge is 0.330 e. The number of rotatable bonds is 3. The summed E-state index contributed by atoms with van der Waals surface area (Å²) in [6, 6.07) is 0.681. The van der Waals surface area contributed by atoms with Gasteiger partial charge in [-0.25, -0.2) is 4.98 Å². The van der Waals surface area contributed by atoms with Crippen LogP contribution >= 0.6 is 0 Å². The van der Waals surface area contributed by atoms with Crippen LogP contribution in [0.25, 0.3) is 0 Å².